The van der Waals surface area contributed by atoms with E-state index >= 15 is 0 Å². The highest BCUT2D eigenvalue weighted by Gasteiger charge is 2.44. The summed E-state index contributed by atoms with van der Waals surface area (Å²) in [5, 5.41) is 10.6. The van der Waals surface area contributed by atoms with Crippen molar-refractivity contribution in [1.29, 1.82) is 0 Å². The van der Waals surface area contributed by atoms with Gasteiger partial charge in [-0.25, -0.2) is 0 Å². The summed E-state index contributed by atoms with van der Waals surface area (Å²) in [6.07, 6.45) is 6.37. The van der Waals surface area contributed by atoms with Crippen molar-refractivity contribution in [2.45, 2.75) is 57.1 Å². The molecule has 2 fully saturated rings. The first-order chi connectivity index (χ1) is 8.92. The fourth-order valence-corrected chi connectivity index (χ4v) is 3.83. The van der Waals surface area contributed by atoms with E-state index in [0.29, 0.717) is 6.54 Å². The van der Waals surface area contributed by atoms with Crippen LogP contribution in [0.3, 0.4) is 0 Å². The third-order valence-corrected chi connectivity index (χ3v) is 4.78. The molecule has 1 aliphatic carbocycles. The molecule has 0 radical (unpaired) electrons. The predicted molar refractivity (Wildman–Crippen MR) is 75.9 cm³/mol. The van der Waals surface area contributed by atoms with Gasteiger partial charge >= 0.3 is 0 Å². The van der Waals surface area contributed by atoms with Crippen molar-refractivity contribution in [3.05, 3.63) is 0 Å². The molecular weight excluding hydrogens is 240 g/mol. The molecule has 4 heteroatoms. The molecule has 0 aromatic carbocycles. The molecule has 1 saturated heterocycles. The molecule has 1 aliphatic heterocycles. The normalized spacial score (nSPS) is 35.9. The molecule has 0 bridgehead atoms. The largest absolute Gasteiger partial charge is 0.390 e. The summed E-state index contributed by atoms with van der Waals surface area (Å²) in [4.78, 5) is 16.3. The lowest BCUT2D eigenvalue weighted by molar-refractivity contribution is -0.137. The summed E-state index contributed by atoms with van der Waals surface area (Å²) in [6, 6.07) is 0.253. The van der Waals surface area contributed by atoms with Crippen LogP contribution in [0, 0.1) is 5.92 Å². The number of amides is 1. The van der Waals surface area contributed by atoms with Crippen LogP contribution < -0.4 is 0 Å². The second kappa shape index (κ2) is 5.80. The molecular formula is C15H28N2O2. The highest BCUT2D eigenvalue weighted by Crippen LogP contribution is 2.40. The second-order valence-electron chi connectivity index (χ2n) is 6.74. The average Bonchev–Trinajstić information content (AvgIpc) is 2.76. The summed E-state index contributed by atoms with van der Waals surface area (Å²) in [6.45, 7) is 3.30. The topological polar surface area (TPSA) is 43.8 Å². The minimum Gasteiger partial charge on any atom is -0.390 e. The summed E-state index contributed by atoms with van der Waals surface area (Å²) in [7, 11) is 3.86. The van der Waals surface area contributed by atoms with E-state index in [9.17, 15) is 9.90 Å². The molecule has 3 atom stereocenters. The number of carbonyl (C=O) groups excluding carboxylic acids is 1. The zero-order valence-electron chi connectivity index (χ0n) is 12.6. The standard InChI is InChI=1S/C15H28N2O2/c1-15(19)9-5-4-7-12(15)13-8-6-10-17(13)14(18)11-16(2)3/h12-13,19H,4-11H2,1-3H3/t12-,13-,15-/m1/s1. The number of rotatable bonds is 3. The smallest absolute Gasteiger partial charge is 0.236 e. The zero-order chi connectivity index (χ0) is 14.0. The first kappa shape index (κ1) is 14.8. The summed E-state index contributed by atoms with van der Waals surface area (Å²) >= 11 is 0. The SMILES string of the molecule is CN(C)CC(=O)N1CCC[C@@H]1[C@H]1CCCC[C@@]1(C)O. The number of likely N-dealkylation sites (N-methyl/N-ethyl adjacent to an activating group) is 1. The lowest BCUT2D eigenvalue weighted by Crippen LogP contribution is -2.51. The lowest BCUT2D eigenvalue weighted by atomic mass is 9.72. The van der Waals surface area contributed by atoms with Crippen molar-refractivity contribution in [1.82, 2.24) is 9.80 Å². The molecule has 4 nitrogen and oxygen atoms in total. The molecule has 2 rings (SSSR count). The van der Waals surface area contributed by atoms with Crippen molar-refractivity contribution < 1.29 is 9.90 Å². The number of hydrogen-bond donors (Lipinski definition) is 1. The Hall–Kier alpha value is -0.610. The van der Waals surface area contributed by atoms with Gasteiger partial charge in [-0.1, -0.05) is 12.8 Å². The molecule has 1 saturated carbocycles. The van der Waals surface area contributed by atoms with Crippen LogP contribution in [0.1, 0.15) is 45.4 Å². The third kappa shape index (κ3) is 3.29. The van der Waals surface area contributed by atoms with Crippen molar-refractivity contribution in [2.24, 2.45) is 5.92 Å². The van der Waals surface area contributed by atoms with Crippen LogP contribution in [0.2, 0.25) is 0 Å². The Balaban J connectivity index is 2.07. The van der Waals surface area contributed by atoms with E-state index in [1.807, 2.05) is 30.8 Å². The number of likely N-dealkylation sites (tertiary alicyclic amines) is 1. The van der Waals surface area contributed by atoms with E-state index in [1.165, 1.54) is 6.42 Å². The highest BCUT2D eigenvalue weighted by molar-refractivity contribution is 5.78. The van der Waals surface area contributed by atoms with Crippen LogP contribution in [0.5, 0.6) is 0 Å². The van der Waals surface area contributed by atoms with Gasteiger partial charge in [0.2, 0.25) is 5.91 Å². The fourth-order valence-electron chi connectivity index (χ4n) is 3.83. The Morgan fingerprint density at radius 1 is 1.32 bits per heavy atom. The molecule has 110 valence electrons. The van der Waals surface area contributed by atoms with Crippen molar-refractivity contribution in [3.8, 4) is 0 Å². The molecule has 0 unspecified atom stereocenters. The Morgan fingerprint density at radius 2 is 2.05 bits per heavy atom. The summed E-state index contributed by atoms with van der Waals surface area (Å²) in [5.41, 5.74) is -0.593. The molecule has 1 heterocycles. The average molecular weight is 268 g/mol. The zero-order valence-corrected chi connectivity index (χ0v) is 12.6. The predicted octanol–water partition coefficient (Wildman–Crippen LogP) is 1.48. The van der Waals surface area contributed by atoms with Crippen LogP contribution in [-0.2, 0) is 4.79 Å². The number of hydrogen-bond acceptors (Lipinski definition) is 3. The molecule has 2 aliphatic rings. The van der Waals surface area contributed by atoms with Gasteiger partial charge in [-0.2, -0.15) is 0 Å². The van der Waals surface area contributed by atoms with Crippen LogP contribution in [0.4, 0.5) is 0 Å². The fraction of sp³-hybridized carbons (Fsp3) is 0.933. The Morgan fingerprint density at radius 3 is 2.68 bits per heavy atom. The maximum absolute atomic E-state index is 12.3. The van der Waals surface area contributed by atoms with E-state index in [-0.39, 0.29) is 17.9 Å². The van der Waals surface area contributed by atoms with E-state index < -0.39 is 5.60 Å². The van der Waals surface area contributed by atoms with Gasteiger partial charge in [0, 0.05) is 18.5 Å². The number of aliphatic hydroxyl groups is 1. The van der Waals surface area contributed by atoms with E-state index in [4.69, 9.17) is 0 Å². The first-order valence-corrected chi connectivity index (χ1v) is 7.58. The van der Waals surface area contributed by atoms with Crippen LogP contribution >= 0.6 is 0 Å². The van der Waals surface area contributed by atoms with Gasteiger partial charge in [0.05, 0.1) is 12.1 Å². The van der Waals surface area contributed by atoms with Gasteiger partial charge in [0.25, 0.3) is 0 Å². The Labute approximate surface area is 116 Å². The second-order valence-corrected chi connectivity index (χ2v) is 6.74. The molecule has 19 heavy (non-hydrogen) atoms. The maximum Gasteiger partial charge on any atom is 0.236 e. The van der Waals surface area contributed by atoms with Gasteiger partial charge in [-0.3, -0.25) is 4.79 Å². The van der Waals surface area contributed by atoms with Crippen molar-refractivity contribution in [3.63, 3.8) is 0 Å². The van der Waals surface area contributed by atoms with E-state index in [0.717, 1.165) is 38.6 Å². The van der Waals surface area contributed by atoms with E-state index in [1.54, 1.807) is 0 Å². The monoisotopic (exact) mass is 268 g/mol. The minimum absolute atomic E-state index is 0.217. The van der Waals surface area contributed by atoms with Gasteiger partial charge in [0.1, 0.15) is 0 Å². The van der Waals surface area contributed by atoms with Gasteiger partial charge in [-0.05, 0) is 46.7 Å². The van der Waals surface area contributed by atoms with Crippen molar-refractivity contribution >= 4 is 5.91 Å². The minimum atomic E-state index is -0.593. The number of carbonyl (C=O) groups is 1. The first-order valence-electron chi connectivity index (χ1n) is 7.58. The molecule has 0 aromatic rings. The number of nitrogens with zero attached hydrogens (tertiary/aromatic N) is 2. The Bertz CT molecular complexity index is 328. The van der Waals surface area contributed by atoms with Crippen LogP contribution in [-0.4, -0.2) is 59.6 Å². The quantitative estimate of drug-likeness (QED) is 0.843. The summed E-state index contributed by atoms with van der Waals surface area (Å²) < 4.78 is 0. The third-order valence-electron chi connectivity index (χ3n) is 4.78. The maximum atomic E-state index is 12.3. The van der Waals surface area contributed by atoms with Crippen LogP contribution in [0.15, 0.2) is 0 Å². The molecule has 1 N–H and O–H groups in total. The lowest BCUT2D eigenvalue weighted by Gasteiger charge is -2.43. The van der Waals surface area contributed by atoms with E-state index in [2.05, 4.69) is 0 Å². The molecule has 0 spiro atoms. The van der Waals surface area contributed by atoms with Gasteiger partial charge in [0.15, 0.2) is 0 Å². The van der Waals surface area contributed by atoms with Crippen LogP contribution in [0.25, 0.3) is 0 Å². The van der Waals surface area contributed by atoms with Crippen molar-refractivity contribution in [2.75, 3.05) is 27.2 Å². The Kier molecular flexibility index (Phi) is 4.51. The molecule has 0 aromatic heterocycles. The highest BCUT2D eigenvalue weighted by atomic mass is 16.3. The molecule has 1 amide bonds. The summed E-state index contributed by atoms with van der Waals surface area (Å²) in [5.74, 6) is 0.476. The van der Waals surface area contributed by atoms with Gasteiger partial charge in [-0.15, -0.1) is 0 Å². The van der Waals surface area contributed by atoms with Gasteiger partial charge < -0.3 is 14.9 Å².